The summed E-state index contributed by atoms with van der Waals surface area (Å²) in [6.45, 7) is 7.11. The average Bonchev–Trinajstić information content (AvgIpc) is 2.91. The fraction of sp³-hybridized carbons (Fsp3) is 0.448. The number of halogens is 1. The Morgan fingerprint density at radius 3 is 2.45 bits per heavy atom. The number of rotatable bonds is 5. The quantitative estimate of drug-likeness (QED) is 0.541. The molecule has 2 saturated heterocycles. The van der Waals surface area contributed by atoms with E-state index in [0.717, 1.165) is 74.3 Å². The third-order valence-corrected chi connectivity index (χ3v) is 8.77. The molecule has 0 radical (unpaired) electrons. The Balaban J connectivity index is 1.15. The average molecular weight is 536 g/mol. The van der Waals surface area contributed by atoms with E-state index in [0.29, 0.717) is 30.6 Å². The zero-order valence-corrected chi connectivity index (χ0v) is 22.5. The van der Waals surface area contributed by atoms with Crippen LogP contribution in [0.1, 0.15) is 29.4 Å². The third kappa shape index (κ3) is 4.88. The predicted molar refractivity (Wildman–Crippen MR) is 149 cm³/mol. The highest BCUT2D eigenvalue weighted by Crippen LogP contribution is 2.35. The number of likely N-dealkylation sites (tertiary alicyclic amines) is 1. The molecule has 0 amide bonds. The van der Waals surface area contributed by atoms with Crippen molar-refractivity contribution in [2.24, 2.45) is 13.0 Å². The Hall–Kier alpha value is -3.07. The standard InChI is InChI=1S/C29H34ClN5O3/c1-31-24(18-33-15-20-13-21(17-33)25-3-2-4-28(37)35(25)16-20)14-27(36)29(38)26(31)19-32-9-11-34(12-10-32)23-7-5-22(30)6-8-23/h2-8,14,20-21,38H,9-13,15-19H2,1H3/t20-,21+/m0/s1. The van der Waals surface area contributed by atoms with Crippen molar-refractivity contribution < 1.29 is 5.11 Å². The highest BCUT2D eigenvalue weighted by Gasteiger charge is 2.34. The van der Waals surface area contributed by atoms with Crippen LogP contribution in [-0.4, -0.2) is 63.3 Å². The third-order valence-electron chi connectivity index (χ3n) is 8.52. The van der Waals surface area contributed by atoms with Crippen molar-refractivity contribution >= 4 is 17.3 Å². The highest BCUT2D eigenvalue weighted by atomic mass is 35.5. The van der Waals surface area contributed by atoms with E-state index in [2.05, 4.69) is 20.8 Å². The Kier molecular flexibility index (Phi) is 6.80. The first-order valence-electron chi connectivity index (χ1n) is 13.4. The molecule has 3 aromatic rings. The number of hydrogen-bond acceptors (Lipinski definition) is 6. The van der Waals surface area contributed by atoms with Gasteiger partial charge in [0.05, 0.1) is 5.69 Å². The van der Waals surface area contributed by atoms with E-state index in [-0.39, 0.29) is 16.7 Å². The number of nitrogens with zero attached hydrogens (tertiary/aromatic N) is 5. The summed E-state index contributed by atoms with van der Waals surface area (Å²) in [5.41, 5.74) is 3.63. The Labute approximate surface area is 227 Å². The Bertz CT molecular complexity index is 1440. The minimum absolute atomic E-state index is 0.0882. The minimum atomic E-state index is -0.318. The van der Waals surface area contributed by atoms with E-state index in [4.69, 9.17) is 11.6 Å². The second-order valence-electron chi connectivity index (χ2n) is 11.0. The fourth-order valence-electron chi connectivity index (χ4n) is 6.51. The molecule has 2 atom stereocenters. The van der Waals surface area contributed by atoms with E-state index in [1.165, 1.54) is 0 Å². The topological polar surface area (TPSA) is 73.9 Å². The second kappa shape index (κ2) is 10.2. The van der Waals surface area contributed by atoms with Gasteiger partial charge in [0.2, 0.25) is 5.43 Å². The molecule has 38 heavy (non-hydrogen) atoms. The summed E-state index contributed by atoms with van der Waals surface area (Å²) in [7, 11) is 1.95. The maximum Gasteiger partial charge on any atom is 0.250 e. The monoisotopic (exact) mass is 535 g/mol. The smallest absolute Gasteiger partial charge is 0.250 e. The number of benzene rings is 1. The van der Waals surface area contributed by atoms with Gasteiger partial charge in [-0.25, -0.2) is 0 Å². The number of aromatic hydroxyl groups is 1. The van der Waals surface area contributed by atoms with Gasteiger partial charge in [-0.1, -0.05) is 17.7 Å². The van der Waals surface area contributed by atoms with Crippen LogP contribution in [-0.2, 0) is 26.7 Å². The fourth-order valence-corrected chi connectivity index (χ4v) is 6.63. The molecule has 3 aliphatic heterocycles. The second-order valence-corrected chi connectivity index (χ2v) is 11.4. The molecule has 2 aromatic heterocycles. The molecule has 6 rings (SSSR count). The first-order chi connectivity index (χ1) is 18.4. The lowest BCUT2D eigenvalue weighted by atomic mass is 9.83. The van der Waals surface area contributed by atoms with Gasteiger partial charge in [-0.2, -0.15) is 0 Å². The van der Waals surface area contributed by atoms with Crippen molar-refractivity contribution in [3.63, 3.8) is 0 Å². The number of fused-ring (bicyclic) bond motifs is 4. The first-order valence-corrected chi connectivity index (χ1v) is 13.8. The van der Waals surface area contributed by atoms with Crippen LogP contribution in [0.2, 0.25) is 5.02 Å². The molecule has 9 heteroatoms. The van der Waals surface area contributed by atoms with Gasteiger partial charge in [0, 0.05) is 106 Å². The molecule has 1 N–H and O–H groups in total. The van der Waals surface area contributed by atoms with Gasteiger partial charge in [-0.3, -0.25) is 19.4 Å². The van der Waals surface area contributed by atoms with E-state index >= 15 is 0 Å². The van der Waals surface area contributed by atoms with Crippen molar-refractivity contribution in [1.82, 2.24) is 18.9 Å². The Morgan fingerprint density at radius 1 is 0.921 bits per heavy atom. The van der Waals surface area contributed by atoms with Gasteiger partial charge in [0.25, 0.3) is 5.56 Å². The van der Waals surface area contributed by atoms with E-state index in [1.807, 2.05) is 46.5 Å². The molecular weight excluding hydrogens is 502 g/mol. The molecule has 1 aromatic carbocycles. The number of aromatic nitrogens is 2. The zero-order chi connectivity index (χ0) is 26.4. The SMILES string of the molecule is Cn1c(CN2C[C@@H]3C[C@H](C2)c2cccc(=O)n2C3)cc(=O)c(O)c1CN1CCN(c2ccc(Cl)cc2)CC1. The molecule has 200 valence electrons. The Morgan fingerprint density at radius 2 is 1.68 bits per heavy atom. The molecule has 0 saturated carbocycles. The molecule has 0 unspecified atom stereocenters. The summed E-state index contributed by atoms with van der Waals surface area (Å²) in [6.07, 6.45) is 1.10. The first kappa shape index (κ1) is 25.2. The van der Waals surface area contributed by atoms with Crippen LogP contribution < -0.4 is 15.9 Å². The zero-order valence-electron chi connectivity index (χ0n) is 21.7. The van der Waals surface area contributed by atoms with Gasteiger partial charge >= 0.3 is 0 Å². The maximum absolute atomic E-state index is 12.8. The largest absolute Gasteiger partial charge is 0.503 e. The highest BCUT2D eigenvalue weighted by molar-refractivity contribution is 6.30. The van der Waals surface area contributed by atoms with Gasteiger partial charge in [-0.15, -0.1) is 0 Å². The number of pyridine rings is 2. The molecule has 8 nitrogen and oxygen atoms in total. The number of hydrogen-bond donors (Lipinski definition) is 1. The van der Waals surface area contributed by atoms with Crippen molar-refractivity contribution in [2.75, 3.05) is 44.2 Å². The maximum atomic E-state index is 12.8. The molecule has 5 heterocycles. The molecule has 2 bridgehead atoms. The summed E-state index contributed by atoms with van der Waals surface area (Å²) in [6, 6.07) is 15.1. The lowest BCUT2D eigenvalue weighted by Gasteiger charge is -2.43. The van der Waals surface area contributed by atoms with Crippen molar-refractivity contribution in [3.8, 4) is 5.75 Å². The predicted octanol–water partition coefficient (Wildman–Crippen LogP) is 2.85. The van der Waals surface area contributed by atoms with Crippen LogP contribution >= 0.6 is 11.6 Å². The summed E-state index contributed by atoms with van der Waals surface area (Å²) >= 11 is 6.04. The molecule has 3 aliphatic rings. The number of anilines is 1. The van der Waals surface area contributed by atoms with Crippen LogP contribution in [0.3, 0.4) is 0 Å². The molecule has 2 fully saturated rings. The summed E-state index contributed by atoms with van der Waals surface area (Å²) in [4.78, 5) is 32.2. The molecule has 0 spiro atoms. The lowest BCUT2D eigenvalue weighted by Crippen LogP contribution is -2.47. The van der Waals surface area contributed by atoms with Crippen LogP contribution in [0.25, 0.3) is 0 Å². The van der Waals surface area contributed by atoms with Gasteiger partial charge in [-0.05, 0) is 42.7 Å². The van der Waals surface area contributed by atoms with E-state index in [9.17, 15) is 14.7 Å². The van der Waals surface area contributed by atoms with Crippen LogP contribution in [0.5, 0.6) is 5.75 Å². The number of piperidine rings is 1. The summed E-state index contributed by atoms with van der Waals surface area (Å²) in [5, 5.41) is 11.5. The van der Waals surface area contributed by atoms with Gasteiger partial charge in [0.1, 0.15) is 0 Å². The lowest BCUT2D eigenvalue weighted by molar-refractivity contribution is 0.112. The van der Waals surface area contributed by atoms with Crippen molar-refractivity contribution in [2.45, 2.75) is 32.0 Å². The van der Waals surface area contributed by atoms with Gasteiger partial charge < -0.3 is 19.1 Å². The summed E-state index contributed by atoms with van der Waals surface area (Å²) < 4.78 is 3.95. The van der Waals surface area contributed by atoms with Gasteiger partial charge in [0.15, 0.2) is 5.75 Å². The molecular formula is C29H34ClN5O3. The number of piperazine rings is 1. The molecule has 0 aliphatic carbocycles. The minimum Gasteiger partial charge on any atom is -0.503 e. The van der Waals surface area contributed by atoms with Crippen LogP contribution in [0.4, 0.5) is 5.69 Å². The van der Waals surface area contributed by atoms with E-state index < -0.39 is 0 Å². The normalized spacial score (nSPS) is 21.9. The van der Waals surface area contributed by atoms with Crippen LogP contribution in [0, 0.1) is 5.92 Å². The van der Waals surface area contributed by atoms with E-state index in [1.54, 1.807) is 12.1 Å². The van der Waals surface area contributed by atoms with Crippen molar-refractivity contribution in [3.05, 3.63) is 91.2 Å². The van der Waals surface area contributed by atoms with Crippen molar-refractivity contribution in [1.29, 1.82) is 0 Å². The summed E-state index contributed by atoms with van der Waals surface area (Å²) in [5.74, 6) is 0.592. The van der Waals surface area contributed by atoms with Crippen LogP contribution in [0.15, 0.2) is 58.1 Å².